The zero-order chi connectivity index (χ0) is 19.8. The van der Waals surface area contributed by atoms with Gasteiger partial charge in [0.05, 0.1) is 6.54 Å². The molecule has 0 radical (unpaired) electrons. The largest absolute Gasteiger partial charge is 0.479 e. The van der Waals surface area contributed by atoms with Crippen molar-refractivity contribution < 1.29 is 9.84 Å². The molecule has 1 heterocycles. The van der Waals surface area contributed by atoms with Gasteiger partial charge in [-0.3, -0.25) is 4.99 Å². The number of aliphatic imine (C=N–C) groups is 1. The minimum atomic E-state index is 0.358. The summed E-state index contributed by atoms with van der Waals surface area (Å²) in [5, 5.41) is 8.71. The molecule has 0 amide bonds. The Kier molecular flexibility index (Phi) is 22.0. The number of rotatable bonds is 18. The zero-order valence-electron chi connectivity index (χ0n) is 17.8. The van der Waals surface area contributed by atoms with Gasteiger partial charge in [0.2, 0.25) is 0 Å². The summed E-state index contributed by atoms with van der Waals surface area (Å²) in [6.07, 6.45) is 25.2. The van der Waals surface area contributed by atoms with Gasteiger partial charge in [-0.15, -0.1) is 13.2 Å². The molecule has 0 aromatic heterocycles. The Labute approximate surface area is 169 Å². The number of hydrogen-bond donors (Lipinski definition) is 1. The van der Waals surface area contributed by atoms with Crippen molar-refractivity contribution in [3.05, 3.63) is 25.3 Å². The second-order valence-electron chi connectivity index (χ2n) is 7.24. The van der Waals surface area contributed by atoms with Crippen LogP contribution in [-0.4, -0.2) is 30.8 Å². The summed E-state index contributed by atoms with van der Waals surface area (Å²) in [7, 11) is 0. The molecule has 0 saturated carbocycles. The molecule has 1 rings (SSSR count). The van der Waals surface area contributed by atoms with Gasteiger partial charge in [0.25, 0.3) is 0 Å². The van der Waals surface area contributed by atoms with Crippen LogP contribution in [0.3, 0.4) is 0 Å². The van der Waals surface area contributed by atoms with E-state index in [1.54, 1.807) is 0 Å². The van der Waals surface area contributed by atoms with Crippen molar-refractivity contribution in [3.63, 3.8) is 0 Å². The van der Waals surface area contributed by atoms with E-state index in [1.165, 1.54) is 89.9 Å². The molecular formula is C24H45NO2. The second kappa shape index (κ2) is 23.0. The van der Waals surface area contributed by atoms with Crippen molar-refractivity contribution in [2.45, 2.75) is 103 Å². The van der Waals surface area contributed by atoms with Crippen LogP contribution in [0.2, 0.25) is 0 Å². The third-order valence-electron chi connectivity index (χ3n) is 4.86. The highest BCUT2D eigenvalue weighted by Crippen LogP contribution is 2.12. The molecule has 1 aliphatic heterocycles. The lowest BCUT2D eigenvalue weighted by Crippen LogP contribution is -1.98. The molecule has 3 heteroatoms. The van der Waals surface area contributed by atoms with Crippen LogP contribution in [0.15, 0.2) is 30.3 Å². The first-order chi connectivity index (χ1) is 13.4. The van der Waals surface area contributed by atoms with Crippen LogP contribution in [0.4, 0.5) is 0 Å². The molecular weight excluding hydrogens is 334 g/mol. The van der Waals surface area contributed by atoms with E-state index in [0.29, 0.717) is 6.61 Å². The average Bonchev–Trinajstić information content (AvgIpc) is 3.22. The maximum absolute atomic E-state index is 8.71. The van der Waals surface area contributed by atoms with Gasteiger partial charge in [-0.25, -0.2) is 0 Å². The molecule has 0 bridgehead atoms. The Morgan fingerprint density at radius 2 is 1.22 bits per heavy atom. The third-order valence-corrected chi connectivity index (χ3v) is 4.86. The minimum absolute atomic E-state index is 0.358. The maximum Gasteiger partial charge on any atom is 0.183 e. The first-order valence-electron chi connectivity index (χ1n) is 11.4. The predicted molar refractivity (Wildman–Crippen MR) is 120 cm³/mol. The quantitative estimate of drug-likeness (QED) is 0.206. The van der Waals surface area contributed by atoms with E-state index < -0.39 is 0 Å². The van der Waals surface area contributed by atoms with Crippen LogP contribution in [0.25, 0.3) is 0 Å². The molecule has 0 saturated heterocycles. The fraction of sp³-hybridized carbons (Fsp3) is 0.792. The highest BCUT2D eigenvalue weighted by atomic mass is 16.5. The number of hydrogen-bond acceptors (Lipinski definition) is 3. The van der Waals surface area contributed by atoms with Crippen molar-refractivity contribution >= 4 is 5.90 Å². The smallest absolute Gasteiger partial charge is 0.183 e. The SMILES string of the molecule is C=C.OCCCCCCCCC/C=C\CCCCCCCCC1=NCCO1. The molecule has 0 atom stereocenters. The van der Waals surface area contributed by atoms with Crippen LogP contribution in [-0.2, 0) is 4.74 Å². The molecule has 1 N–H and O–H groups in total. The zero-order valence-corrected chi connectivity index (χ0v) is 17.8. The molecule has 158 valence electrons. The Morgan fingerprint density at radius 3 is 1.70 bits per heavy atom. The van der Waals surface area contributed by atoms with Crippen molar-refractivity contribution in [2.24, 2.45) is 4.99 Å². The molecule has 0 spiro atoms. The summed E-state index contributed by atoms with van der Waals surface area (Å²) in [4.78, 5) is 4.33. The summed E-state index contributed by atoms with van der Waals surface area (Å²) in [5.74, 6) is 0.992. The Balaban J connectivity index is 0.00000326. The molecule has 0 aromatic rings. The summed E-state index contributed by atoms with van der Waals surface area (Å²) < 4.78 is 5.42. The third kappa shape index (κ3) is 19.5. The molecule has 0 unspecified atom stereocenters. The molecule has 1 aliphatic rings. The van der Waals surface area contributed by atoms with Crippen LogP contribution < -0.4 is 0 Å². The van der Waals surface area contributed by atoms with Gasteiger partial charge in [-0.05, 0) is 38.5 Å². The van der Waals surface area contributed by atoms with E-state index in [-0.39, 0.29) is 0 Å². The fourth-order valence-electron chi connectivity index (χ4n) is 3.27. The van der Waals surface area contributed by atoms with E-state index in [9.17, 15) is 0 Å². The number of ether oxygens (including phenoxy) is 1. The normalized spacial score (nSPS) is 13.3. The summed E-state index contributed by atoms with van der Waals surface area (Å²) in [6, 6.07) is 0. The second-order valence-corrected chi connectivity index (χ2v) is 7.24. The van der Waals surface area contributed by atoms with Gasteiger partial charge >= 0.3 is 0 Å². The lowest BCUT2D eigenvalue weighted by molar-refractivity contribution is 0.282. The predicted octanol–water partition coefficient (Wildman–Crippen LogP) is 7.01. The van der Waals surface area contributed by atoms with Crippen molar-refractivity contribution in [1.29, 1.82) is 0 Å². The Bertz CT molecular complexity index is 352. The highest BCUT2D eigenvalue weighted by molar-refractivity contribution is 5.77. The monoisotopic (exact) mass is 379 g/mol. The van der Waals surface area contributed by atoms with Crippen LogP contribution in [0, 0.1) is 0 Å². The first kappa shape index (κ1) is 25.9. The van der Waals surface area contributed by atoms with E-state index in [2.05, 4.69) is 30.3 Å². The number of unbranched alkanes of at least 4 members (excludes halogenated alkanes) is 13. The molecule has 0 aliphatic carbocycles. The Morgan fingerprint density at radius 1 is 0.741 bits per heavy atom. The fourth-order valence-corrected chi connectivity index (χ4v) is 3.27. The lowest BCUT2D eigenvalue weighted by Gasteiger charge is -2.02. The van der Waals surface area contributed by atoms with Crippen LogP contribution in [0.1, 0.15) is 103 Å². The lowest BCUT2D eigenvalue weighted by atomic mass is 10.1. The topological polar surface area (TPSA) is 41.8 Å². The first-order valence-corrected chi connectivity index (χ1v) is 11.4. The van der Waals surface area contributed by atoms with Crippen molar-refractivity contribution in [1.82, 2.24) is 0 Å². The number of allylic oxidation sites excluding steroid dienone is 2. The van der Waals surface area contributed by atoms with Gasteiger partial charge < -0.3 is 9.84 Å². The van der Waals surface area contributed by atoms with Crippen LogP contribution in [0.5, 0.6) is 0 Å². The average molecular weight is 380 g/mol. The standard InChI is InChI=1S/C22H41NO2.C2H4/c24-20-17-15-13-11-9-7-5-3-1-2-4-6-8-10-12-14-16-18-22-23-19-21-25-22;1-2/h1-2,24H,3-21H2;1-2H2/b2-1-;. The van der Waals surface area contributed by atoms with Crippen LogP contribution >= 0.6 is 0 Å². The Hall–Kier alpha value is -1.09. The van der Waals surface area contributed by atoms with E-state index in [4.69, 9.17) is 9.84 Å². The summed E-state index contributed by atoms with van der Waals surface area (Å²) in [6.45, 7) is 8.03. The minimum Gasteiger partial charge on any atom is -0.479 e. The van der Waals surface area contributed by atoms with Gasteiger partial charge in [-0.2, -0.15) is 0 Å². The van der Waals surface area contributed by atoms with E-state index in [0.717, 1.165) is 31.9 Å². The van der Waals surface area contributed by atoms with Gasteiger partial charge in [-0.1, -0.05) is 69.9 Å². The van der Waals surface area contributed by atoms with E-state index in [1.807, 2.05) is 0 Å². The van der Waals surface area contributed by atoms with E-state index >= 15 is 0 Å². The van der Waals surface area contributed by atoms with Gasteiger partial charge in [0.1, 0.15) is 6.61 Å². The number of nitrogens with zero attached hydrogens (tertiary/aromatic N) is 1. The van der Waals surface area contributed by atoms with Crippen molar-refractivity contribution in [2.75, 3.05) is 19.8 Å². The molecule has 0 aromatic carbocycles. The number of aliphatic hydroxyl groups excluding tert-OH is 1. The molecule has 27 heavy (non-hydrogen) atoms. The molecule has 3 nitrogen and oxygen atoms in total. The summed E-state index contributed by atoms with van der Waals surface area (Å²) >= 11 is 0. The highest BCUT2D eigenvalue weighted by Gasteiger charge is 2.05. The van der Waals surface area contributed by atoms with Crippen molar-refractivity contribution in [3.8, 4) is 0 Å². The summed E-state index contributed by atoms with van der Waals surface area (Å²) in [5.41, 5.74) is 0. The van der Waals surface area contributed by atoms with Gasteiger partial charge in [0, 0.05) is 13.0 Å². The van der Waals surface area contributed by atoms with Gasteiger partial charge in [0.15, 0.2) is 5.90 Å². The number of aliphatic hydroxyl groups is 1. The maximum atomic E-state index is 8.71. The molecule has 0 fully saturated rings.